The van der Waals surface area contributed by atoms with Gasteiger partial charge in [-0.05, 0) is 30.3 Å². The molecule has 0 fully saturated rings. The molecule has 0 saturated heterocycles. The quantitative estimate of drug-likeness (QED) is 0.713. The van der Waals surface area contributed by atoms with Crippen LogP contribution < -0.4 is 10.6 Å². The van der Waals surface area contributed by atoms with Gasteiger partial charge in [-0.15, -0.1) is 0 Å². The van der Waals surface area contributed by atoms with Gasteiger partial charge in [0.2, 0.25) is 0 Å². The summed E-state index contributed by atoms with van der Waals surface area (Å²) < 4.78 is 6.10. The van der Waals surface area contributed by atoms with E-state index in [1.165, 1.54) is 12.4 Å². The van der Waals surface area contributed by atoms with E-state index < -0.39 is 0 Å². The van der Waals surface area contributed by atoms with E-state index in [2.05, 4.69) is 36.5 Å². The molecule has 0 unspecified atom stereocenters. The number of nitrogens with zero attached hydrogens (tertiary/aromatic N) is 2. The molecule has 3 aromatic rings. The minimum atomic E-state index is -0.312. The molecule has 1 amide bonds. The fourth-order valence-electron chi connectivity index (χ4n) is 1.89. The molecule has 2 N–H and O–H groups in total. The SMILES string of the molecule is O=C(Nc1cccc(Br)c1)c1cnc(NCc2ccco2)cn1. The molecule has 7 heteroatoms. The number of amides is 1. The van der Waals surface area contributed by atoms with Crippen LogP contribution in [0.15, 0.2) is 63.9 Å². The Hall–Kier alpha value is -2.67. The number of halogens is 1. The van der Waals surface area contributed by atoms with E-state index in [0.29, 0.717) is 18.1 Å². The molecule has 1 aromatic carbocycles. The molecule has 0 bridgehead atoms. The lowest BCUT2D eigenvalue weighted by Crippen LogP contribution is -2.14. The highest BCUT2D eigenvalue weighted by atomic mass is 79.9. The van der Waals surface area contributed by atoms with Gasteiger partial charge in [-0.3, -0.25) is 4.79 Å². The van der Waals surface area contributed by atoms with Crippen LogP contribution in [-0.4, -0.2) is 15.9 Å². The van der Waals surface area contributed by atoms with E-state index >= 15 is 0 Å². The highest BCUT2D eigenvalue weighted by molar-refractivity contribution is 9.10. The molecule has 0 aliphatic carbocycles. The first-order chi connectivity index (χ1) is 11.2. The first-order valence-corrected chi connectivity index (χ1v) is 7.65. The third-order valence-corrected chi connectivity index (χ3v) is 3.48. The van der Waals surface area contributed by atoms with Gasteiger partial charge in [0.25, 0.3) is 5.91 Å². The van der Waals surface area contributed by atoms with Crippen molar-refractivity contribution in [2.45, 2.75) is 6.54 Å². The standard InChI is InChI=1S/C16H13BrN4O2/c17-11-3-1-4-12(7-11)21-16(22)14-9-20-15(10-18-14)19-8-13-5-2-6-23-13/h1-7,9-10H,8H2,(H,19,20)(H,21,22). The van der Waals surface area contributed by atoms with Gasteiger partial charge in [-0.25, -0.2) is 9.97 Å². The number of hydrogen-bond donors (Lipinski definition) is 2. The molecule has 0 atom stereocenters. The van der Waals surface area contributed by atoms with Crippen LogP contribution in [0, 0.1) is 0 Å². The smallest absolute Gasteiger partial charge is 0.275 e. The third-order valence-electron chi connectivity index (χ3n) is 2.99. The molecule has 0 aliphatic heterocycles. The molecule has 6 nitrogen and oxygen atoms in total. The maximum atomic E-state index is 12.1. The Bertz CT molecular complexity index is 788. The molecule has 23 heavy (non-hydrogen) atoms. The van der Waals surface area contributed by atoms with Crippen LogP contribution >= 0.6 is 15.9 Å². The van der Waals surface area contributed by atoms with E-state index in [0.717, 1.165) is 10.2 Å². The van der Waals surface area contributed by atoms with Gasteiger partial charge in [0.15, 0.2) is 0 Å². The Morgan fingerprint density at radius 3 is 2.78 bits per heavy atom. The zero-order chi connectivity index (χ0) is 16.1. The van der Waals surface area contributed by atoms with Crippen LogP contribution in [0.5, 0.6) is 0 Å². The number of nitrogens with one attached hydrogen (secondary N) is 2. The van der Waals surface area contributed by atoms with Gasteiger partial charge in [0.05, 0.1) is 25.2 Å². The number of aromatic nitrogens is 2. The average molecular weight is 373 g/mol. The Morgan fingerprint density at radius 1 is 1.17 bits per heavy atom. The van der Waals surface area contributed by atoms with E-state index in [1.807, 2.05) is 30.3 Å². The maximum Gasteiger partial charge on any atom is 0.275 e. The number of furan rings is 1. The summed E-state index contributed by atoms with van der Waals surface area (Å²) in [4.78, 5) is 20.4. The molecule has 116 valence electrons. The Morgan fingerprint density at radius 2 is 2.09 bits per heavy atom. The molecular formula is C16H13BrN4O2. The number of anilines is 2. The van der Waals surface area contributed by atoms with E-state index in [4.69, 9.17) is 4.42 Å². The molecular weight excluding hydrogens is 360 g/mol. The summed E-state index contributed by atoms with van der Waals surface area (Å²) in [6.45, 7) is 0.505. The summed E-state index contributed by atoms with van der Waals surface area (Å²) in [6, 6.07) is 11.0. The van der Waals surface area contributed by atoms with Gasteiger partial charge < -0.3 is 15.1 Å². The average Bonchev–Trinajstić information content (AvgIpc) is 3.07. The van der Waals surface area contributed by atoms with Crippen molar-refractivity contribution in [3.05, 3.63) is 71.0 Å². The summed E-state index contributed by atoms with van der Waals surface area (Å²) in [5, 5.41) is 5.83. The first-order valence-electron chi connectivity index (χ1n) is 6.86. The molecule has 0 aliphatic rings. The fraction of sp³-hybridized carbons (Fsp3) is 0.0625. The topological polar surface area (TPSA) is 80.0 Å². The summed E-state index contributed by atoms with van der Waals surface area (Å²) in [6.07, 6.45) is 4.55. The molecule has 0 radical (unpaired) electrons. The molecule has 0 spiro atoms. The van der Waals surface area contributed by atoms with Gasteiger partial charge in [0, 0.05) is 10.2 Å². The van der Waals surface area contributed by atoms with Gasteiger partial charge in [0.1, 0.15) is 17.3 Å². The van der Waals surface area contributed by atoms with Crippen molar-refractivity contribution in [2.75, 3.05) is 10.6 Å². The number of benzene rings is 1. The number of carbonyl (C=O) groups is 1. The predicted molar refractivity (Wildman–Crippen MR) is 90.2 cm³/mol. The lowest BCUT2D eigenvalue weighted by atomic mass is 10.3. The summed E-state index contributed by atoms with van der Waals surface area (Å²) in [5.74, 6) is 1.05. The van der Waals surface area contributed by atoms with Gasteiger partial charge >= 0.3 is 0 Å². The van der Waals surface area contributed by atoms with E-state index in [-0.39, 0.29) is 11.6 Å². The second-order valence-corrected chi connectivity index (χ2v) is 5.60. The van der Waals surface area contributed by atoms with Crippen LogP contribution in [0.1, 0.15) is 16.2 Å². The molecule has 0 saturated carbocycles. The fourth-order valence-corrected chi connectivity index (χ4v) is 2.29. The molecule has 2 heterocycles. The highest BCUT2D eigenvalue weighted by Gasteiger charge is 2.09. The van der Waals surface area contributed by atoms with Crippen molar-refractivity contribution in [2.24, 2.45) is 0 Å². The number of rotatable bonds is 5. The predicted octanol–water partition coefficient (Wildman–Crippen LogP) is 3.70. The van der Waals surface area contributed by atoms with Crippen LogP contribution in [-0.2, 0) is 6.54 Å². The van der Waals surface area contributed by atoms with Crippen LogP contribution in [0.4, 0.5) is 11.5 Å². The van der Waals surface area contributed by atoms with Crippen LogP contribution in [0.25, 0.3) is 0 Å². The second kappa shape index (κ2) is 7.06. The summed E-state index contributed by atoms with van der Waals surface area (Å²) in [5.41, 5.74) is 0.930. The Balaban J connectivity index is 1.61. The van der Waals surface area contributed by atoms with Crippen molar-refractivity contribution >= 4 is 33.3 Å². The zero-order valence-corrected chi connectivity index (χ0v) is 13.6. The normalized spacial score (nSPS) is 10.3. The van der Waals surface area contributed by atoms with Gasteiger partial charge in [-0.2, -0.15) is 0 Å². The van der Waals surface area contributed by atoms with Crippen LogP contribution in [0.2, 0.25) is 0 Å². The van der Waals surface area contributed by atoms with E-state index in [1.54, 1.807) is 12.3 Å². The minimum Gasteiger partial charge on any atom is -0.467 e. The minimum absolute atomic E-state index is 0.244. The maximum absolute atomic E-state index is 12.1. The monoisotopic (exact) mass is 372 g/mol. The largest absolute Gasteiger partial charge is 0.467 e. The van der Waals surface area contributed by atoms with Crippen molar-refractivity contribution in [1.82, 2.24) is 9.97 Å². The van der Waals surface area contributed by atoms with Crippen molar-refractivity contribution in [1.29, 1.82) is 0 Å². The third kappa shape index (κ3) is 4.17. The lowest BCUT2D eigenvalue weighted by Gasteiger charge is -2.06. The summed E-state index contributed by atoms with van der Waals surface area (Å²) >= 11 is 3.36. The van der Waals surface area contributed by atoms with Crippen molar-refractivity contribution < 1.29 is 9.21 Å². The highest BCUT2D eigenvalue weighted by Crippen LogP contribution is 2.16. The van der Waals surface area contributed by atoms with Crippen LogP contribution in [0.3, 0.4) is 0 Å². The van der Waals surface area contributed by atoms with E-state index in [9.17, 15) is 4.79 Å². The first kappa shape index (κ1) is 15.2. The van der Waals surface area contributed by atoms with Gasteiger partial charge in [-0.1, -0.05) is 22.0 Å². The lowest BCUT2D eigenvalue weighted by molar-refractivity contribution is 0.102. The zero-order valence-electron chi connectivity index (χ0n) is 12.0. The van der Waals surface area contributed by atoms with Crippen molar-refractivity contribution in [3.8, 4) is 0 Å². The Kier molecular flexibility index (Phi) is 4.68. The second-order valence-electron chi connectivity index (χ2n) is 4.68. The molecule has 3 rings (SSSR count). The number of hydrogen-bond acceptors (Lipinski definition) is 5. The summed E-state index contributed by atoms with van der Waals surface area (Å²) in [7, 11) is 0. The number of carbonyl (C=O) groups excluding carboxylic acids is 1. The van der Waals surface area contributed by atoms with Crippen molar-refractivity contribution in [3.63, 3.8) is 0 Å². The Labute approximate surface area is 141 Å². The molecule has 2 aromatic heterocycles.